The minimum Gasteiger partial charge on any atom is -0.490 e. The number of ether oxygens (including phenoxy) is 1. The molecule has 0 radical (unpaired) electrons. The van der Waals surface area contributed by atoms with Crippen LogP contribution in [0.5, 0.6) is 5.75 Å². The zero-order valence-corrected chi connectivity index (χ0v) is 13.0. The normalized spacial score (nSPS) is 23.3. The molecule has 1 heterocycles. The molecule has 1 N–H and O–H groups in total. The Hall–Kier alpha value is -1.55. The third-order valence-electron chi connectivity index (χ3n) is 4.64. The monoisotopic (exact) mass is 303 g/mol. The zero-order valence-electron chi connectivity index (χ0n) is 13.0. The molecule has 2 aliphatic rings. The second-order valence-electron chi connectivity index (χ2n) is 6.45. The van der Waals surface area contributed by atoms with Gasteiger partial charge in [-0.15, -0.1) is 0 Å². The maximum Gasteiger partial charge on any atom is 0.253 e. The van der Waals surface area contributed by atoms with E-state index in [0.717, 1.165) is 38.0 Å². The largest absolute Gasteiger partial charge is 0.490 e. The molecular formula is C18H25NO3. The summed E-state index contributed by atoms with van der Waals surface area (Å²) in [6.07, 6.45) is 7.68. The van der Waals surface area contributed by atoms with Gasteiger partial charge in [0, 0.05) is 18.7 Å². The third kappa shape index (κ3) is 3.80. The van der Waals surface area contributed by atoms with Crippen LogP contribution in [-0.2, 0) is 0 Å². The molecule has 3 rings (SSSR count). The van der Waals surface area contributed by atoms with E-state index in [-0.39, 0.29) is 12.0 Å². The van der Waals surface area contributed by atoms with Crippen LogP contribution in [0.25, 0.3) is 0 Å². The first-order chi connectivity index (χ1) is 10.7. The van der Waals surface area contributed by atoms with Gasteiger partial charge in [-0.25, -0.2) is 0 Å². The first-order valence-corrected chi connectivity index (χ1v) is 8.46. The van der Waals surface area contributed by atoms with Crippen molar-refractivity contribution in [2.75, 3.05) is 13.1 Å². The van der Waals surface area contributed by atoms with Gasteiger partial charge in [-0.05, 0) is 62.8 Å². The lowest BCUT2D eigenvalue weighted by molar-refractivity contribution is 0.0473. The van der Waals surface area contributed by atoms with Gasteiger partial charge in [0.15, 0.2) is 0 Å². The Morgan fingerprint density at radius 3 is 2.45 bits per heavy atom. The molecule has 0 aromatic heterocycles. The molecule has 1 aliphatic carbocycles. The van der Waals surface area contributed by atoms with Crippen molar-refractivity contribution in [3.63, 3.8) is 0 Å². The highest BCUT2D eigenvalue weighted by atomic mass is 16.5. The molecule has 1 atom stereocenters. The van der Waals surface area contributed by atoms with Gasteiger partial charge in [-0.1, -0.05) is 6.42 Å². The molecule has 22 heavy (non-hydrogen) atoms. The molecular weight excluding hydrogens is 278 g/mol. The molecule has 1 saturated heterocycles. The summed E-state index contributed by atoms with van der Waals surface area (Å²) >= 11 is 0. The number of β-amino-alcohol motifs (C(OH)–C–C–N with tert-alkyl or cyclic N) is 1. The molecule has 2 fully saturated rings. The SMILES string of the molecule is O=C(c1ccc(OC2CCCCC2)cc1)N1CCCC(O)C1. The molecule has 4 heteroatoms. The molecule has 1 aromatic carbocycles. The van der Waals surface area contributed by atoms with Gasteiger partial charge < -0.3 is 14.7 Å². The molecule has 120 valence electrons. The van der Waals surface area contributed by atoms with Gasteiger partial charge in [0.2, 0.25) is 0 Å². The number of carbonyl (C=O) groups excluding carboxylic acids is 1. The molecule has 0 spiro atoms. The van der Waals surface area contributed by atoms with Crippen molar-refractivity contribution in [1.82, 2.24) is 4.90 Å². The molecule has 0 bridgehead atoms. The van der Waals surface area contributed by atoms with Gasteiger partial charge >= 0.3 is 0 Å². The summed E-state index contributed by atoms with van der Waals surface area (Å²) in [7, 11) is 0. The average Bonchev–Trinajstić information content (AvgIpc) is 2.56. The van der Waals surface area contributed by atoms with Crippen molar-refractivity contribution in [2.45, 2.75) is 57.2 Å². The van der Waals surface area contributed by atoms with E-state index in [9.17, 15) is 9.90 Å². The number of hydrogen-bond donors (Lipinski definition) is 1. The smallest absolute Gasteiger partial charge is 0.253 e. The number of rotatable bonds is 3. The topological polar surface area (TPSA) is 49.8 Å². The van der Waals surface area contributed by atoms with Crippen LogP contribution in [0.3, 0.4) is 0 Å². The summed E-state index contributed by atoms with van der Waals surface area (Å²) in [4.78, 5) is 14.2. The van der Waals surface area contributed by atoms with Crippen LogP contribution in [-0.4, -0.2) is 41.2 Å². The van der Waals surface area contributed by atoms with Gasteiger partial charge in [-0.2, -0.15) is 0 Å². The van der Waals surface area contributed by atoms with Gasteiger partial charge in [0.05, 0.1) is 12.2 Å². The summed E-state index contributed by atoms with van der Waals surface area (Å²) in [5.41, 5.74) is 0.671. The number of likely N-dealkylation sites (tertiary alicyclic amines) is 1. The standard InChI is InChI=1S/C18H25NO3/c20-15-5-4-12-19(13-15)18(21)14-8-10-17(11-9-14)22-16-6-2-1-3-7-16/h8-11,15-16,20H,1-7,12-13H2. The highest BCUT2D eigenvalue weighted by molar-refractivity contribution is 5.94. The summed E-state index contributed by atoms with van der Waals surface area (Å²) in [6.45, 7) is 1.18. The maximum atomic E-state index is 12.4. The number of amides is 1. The lowest BCUT2D eigenvalue weighted by Crippen LogP contribution is -2.42. The minimum atomic E-state index is -0.383. The number of aliphatic hydroxyl groups is 1. The van der Waals surface area contributed by atoms with Crippen molar-refractivity contribution in [1.29, 1.82) is 0 Å². The van der Waals surface area contributed by atoms with Gasteiger partial charge in [-0.3, -0.25) is 4.79 Å². The Labute approximate surface area is 132 Å². The van der Waals surface area contributed by atoms with Crippen LogP contribution in [0.2, 0.25) is 0 Å². The molecule has 4 nitrogen and oxygen atoms in total. The van der Waals surface area contributed by atoms with Gasteiger partial charge in [0.1, 0.15) is 5.75 Å². The third-order valence-corrected chi connectivity index (χ3v) is 4.64. The van der Waals surface area contributed by atoms with Crippen LogP contribution in [0.4, 0.5) is 0 Å². The number of aliphatic hydroxyl groups excluding tert-OH is 1. The van der Waals surface area contributed by atoms with E-state index in [2.05, 4.69) is 0 Å². The molecule has 1 amide bonds. The fourth-order valence-corrected chi connectivity index (χ4v) is 3.37. The second kappa shape index (κ2) is 7.14. The number of hydrogen-bond acceptors (Lipinski definition) is 3. The summed E-state index contributed by atoms with van der Waals surface area (Å²) in [5.74, 6) is 0.852. The predicted molar refractivity (Wildman–Crippen MR) is 85.1 cm³/mol. The van der Waals surface area contributed by atoms with Crippen LogP contribution in [0.15, 0.2) is 24.3 Å². The Morgan fingerprint density at radius 2 is 1.77 bits per heavy atom. The van der Waals surface area contributed by atoms with Gasteiger partial charge in [0.25, 0.3) is 5.91 Å². The molecule has 1 aromatic rings. The highest BCUT2D eigenvalue weighted by Crippen LogP contribution is 2.24. The number of carbonyl (C=O) groups is 1. The van der Waals surface area contributed by atoms with Crippen molar-refractivity contribution in [3.8, 4) is 5.75 Å². The summed E-state index contributed by atoms with van der Waals surface area (Å²) in [5, 5.41) is 9.69. The van der Waals surface area contributed by atoms with E-state index < -0.39 is 0 Å². The lowest BCUT2D eigenvalue weighted by Gasteiger charge is -2.30. The van der Waals surface area contributed by atoms with Crippen LogP contribution < -0.4 is 4.74 Å². The lowest BCUT2D eigenvalue weighted by atomic mass is 9.98. The summed E-state index contributed by atoms with van der Waals surface area (Å²) < 4.78 is 5.99. The fraction of sp³-hybridized carbons (Fsp3) is 0.611. The fourth-order valence-electron chi connectivity index (χ4n) is 3.37. The van der Waals surface area contributed by atoms with Crippen molar-refractivity contribution in [3.05, 3.63) is 29.8 Å². The molecule has 1 saturated carbocycles. The van der Waals surface area contributed by atoms with E-state index >= 15 is 0 Å². The Kier molecular flexibility index (Phi) is 4.98. The predicted octanol–water partition coefficient (Wildman–Crippen LogP) is 3.00. The second-order valence-corrected chi connectivity index (χ2v) is 6.45. The quantitative estimate of drug-likeness (QED) is 0.934. The molecule has 1 aliphatic heterocycles. The highest BCUT2D eigenvalue weighted by Gasteiger charge is 2.23. The number of nitrogens with zero attached hydrogens (tertiary/aromatic N) is 1. The Morgan fingerprint density at radius 1 is 1.05 bits per heavy atom. The molecule has 1 unspecified atom stereocenters. The van der Waals surface area contributed by atoms with Crippen molar-refractivity contribution >= 4 is 5.91 Å². The maximum absolute atomic E-state index is 12.4. The minimum absolute atomic E-state index is 0.00275. The zero-order chi connectivity index (χ0) is 15.4. The Bertz CT molecular complexity index is 494. The first-order valence-electron chi connectivity index (χ1n) is 8.46. The van der Waals surface area contributed by atoms with Crippen molar-refractivity contribution in [2.24, 2.45) is 0 Å². The van der Waals surface area contributed by atoms with Crippen LogP contribution in [0, 0.1) is 0 Å². The number of piperidine rings is 1. The van der Waals surface area contributed by atoms with E-state index in [0.29, 0.717) is 18.2 Å². The van der Waals surface area contributed by atoms with E-state index in [1.165, 1.54) is 19.3 Å². The number of benzene rings is 1. The van der Waals surface area contributed by atoms with E-state index in [4.69, 9.17) is 4.74 Å². The van der Waals surface area contributed by atoms with E-state index in [1.54, 1.807) is 4.90 Å². The average molecular weight is 303 g/mol. The van der Waals surface area contributed by atoms with Crippen LogP contribution in [0.1, 0.15) is 55.3 Å². The van der Waals surface area contributed by atoms with Crippen LogP contribution >= 0.6 is 0 Å². The van der Waals surface area contributed by atoms with E-state index in [1.807, 2.05) is 24.3 Å². The van der Waals surface area contributed by atoms with Crippen molar-refractivity contribution < 1.29 is 14.6 Å². The first kappa shape index (κ1) is 15.3. The summed E-state index contributed by atoms with van der Waals surface area (Å²) in [6, 6.07) is 7.45. The Balaban J connectivity index is 1.59.